The largest absolute Gasteiger partial charge is 0.493 e. The van der Waals surface area contributed by atoms with Crippen LogP contribution in [0.2, 0.25) is 0 Å². The lowest BCUT2D eigenvalue weighted by atomic mass is 10.0. The number of ether oxygens (including phenoxy) is 2. The van der Waals surface area contributed by atoms with Crippen molar-refractivity contribution in [2.45, 2.75) is 19.3 Å². The number of methoxy groups -OCH3 is 2. The highest BCUT2D eigenvalue weighted by Gasteiger charge is 2.26. The molecular formula is C20H19BrN2O2. The van der Waals surface area contributed by atoms with E-state index in [4.69, 9.17) is 9.47 Å². The Hall–Kier alpha value is -2.27. The van der Waals surface area contributed by atoms with Crippen LogP contribution in [0.3, 0.4) is 0 Å². The summed E-state index contributed by atoms with van der Waals surface area (Å²) in [4.78, 5) is 0. The molecule has 1 aromatic heterocycles. The van der Waals surface area contributed by atoms with Crippen molar-refractivity contribution in [3.63, 3.8) is 0 Å². The summed E-state index contributed by atoms with van der Waals surface area (Å²) >= 11 is 3.48. The highest BCUT2D eigenvalue weighted by atomic mass is 79.9. The smallest absolute Gasteiger partial charge is 0.161 e. The van der Waals surface area contributed by atoms with Crippen molar-refractivity contribution >= 4 is 15.9 Å². The molecule has 0 saturated heterocycles. The number of aromatic nitrogens is 2. The number of fused-ring (bicyclic) bond motifs is 3. The topological polar surface area (TPSA) is 47.1 Å². The Morgan fingerprint density at radius 2 is 1.76 bits per heavy atom. The molecule has 0 saturated carbocycles. The van der Waals surface area contributed by atoms with Gasteiger partial charge in [-0.1, -0.05) is 28.1 Å². The van der Waals surface area contributed by atoms with Crippen LogP contribution in [0.1, 0.15) is 22.4 Å². The van der Waals surface area contributed by atoms with Gasteiger partial charge in [0.2, 0.25) is 0 Å². The number of rotatable bonds is 5. The molecule has 0 amide bonds. The number of benzene rings is 2. The van der Waals surface area contributed by atoms with E-state index in [0.717, 1.165) is 46.5 Å². The lowest BCUT2D eigenvalue weighted by Crippen LogP contribution is -1.96. The zero-order chi connectivity index (χ0) is 17.4. The Balaban J connectivity index is 1.59. The summed E-state index contributed by atoms with van der Waals surface area (Å²) in [6, 6.07) is 12.6. The summed E-state index contributed by atoms with van der Waals surface area (Å²) in [6.07, 6.45) is 2.83. The van der Waals surface area contributed by atoms with Gasteiger partial charge in [-0.15, -0.1) is 0 Å². The number of aryl methyl sites for hydroxylation is 2. The first-order chi connectivity index (χ1) is 12.2. The molecule has 1 aliphatic rings. The number of hydrogen-bond acceptors (Lipinski definition) is 3. The molecule has 0 fully saturated rings. The molecular weight excluding hydrogens is 380 g/mol. The minimum Gasteiger partial charge on any atom is -0.493 e. The first kappa shape index (κ1) is 16.2. The molecule has 4 nitrogen and oxygen atoms in total. The maximum absolute atomic E-state index is 5.43. The molecule has 128 valence electrons. The van der Waals surface area contributed by atoms with Crippen molar-refractivity contribution in [1.82, 2.24) is 10.2 Å². The average molecular weight is 399 g/mol. The molecule has 2 aromatic carbocycles. The molecule has 25 heavy (non-hydrogen) atoms. The zero-order valence-electron chi connectivity index (χ0n) is 14.2. The van der Waals surface area contributed by atoms with Gasteiger partial charge in [0.25, 0.3) is 0 Å². The summed E-state index contributed by atoms with van der Waals surface area (Å²) < 4.78 is 12.0. The van der Waals surface area contributed by atoms with Gasteiger partial charge in [-0.3, -0.25) is 5.10 Å². The second kappa shape index (κ2) is 6.56. The molecule has 1 aliphatic carbocycles. The third-order valence-corrected chi connectivity index (χ3v) is 5.29. The second-order valence-corrected chi connectivity index (χ2v) is 7.11. The summed E-state index contributed by atoms with van der Waals surface area (Å²) in [7, 11) is 3.33. The van der Waals surface area contributed by atoms with Gasteiger partial charge in [0, 0.05) is 27.7 Å². The monoisotopic (exact) mass is 398 g/mol. The van der Waals surface area contributed by atoms with E-state index in [1.54, 1.807) is 14.2 Å². The van der Waals surface area contributed by atoms with Gasteiger partial charge in [0.15, 0.2) is 11.5 Å². The van der Waals surface area contributed by atoms with Gasteiger partial charge in [0.1, 0.15) is 0 Å². The minimum absolute atomic E-state index is 0.744. The Morgan fingerprint density at radius 1 is 1.04 bits per heavy atom. The Kier molecular flexibility index (Phi) is 4.25. The molecule has 5 heteroatoms. The maximum atomic E-state index is 5.43. The third-order valence-electron chi connectivity index (χ3n) is 4.76. The van der Waals surface area contributed by atoms with Crippen LogP contribution in [0, 0.1) is 0 Å². The lowest BCUT2D eigenvalue weighted by Gasteiger charge is -2.10. The fraction of sp³-hybridized carbons (Fsp3) is 0.250. The molecule has 0 unspecified atom stereocenters. The van der Waals surface area contributed by atoms with Crippen molar-refractivity contribution in [3.8, 4) is 22.8 Å². The molecule has 3 aromatic rings. The lowest BCUT2D eigenvalue weighted by molar-refractivity contribution is 0.355. The van der Waals surface area contributed by atoms with Crippen molar-refractivity contribution in [3.05, 3.63) is 63.3 Å². The van der Waals surface area contributed by atoms with Crippen LogP contribution in [0.5, 0.6) is 11.5 Å². The van der Waals surface area contributed by atoms with Crippen molar-refractivity contribution in [2.75, 3.05) is 14.2 Å². The Labute approximate surface area is 155 Å². The Bertz CT molecular complexity index is 916. The van der Waals surface area contributed by atoms with Crippen LogP contribution in [0.25, 0.3) is 11.3 Å². The number of aromatic amines is 1. The van der Waals surface area contributed by atoms with Gasteiger partial charge < -0.3 is 9.47 Å². The van der Waals surface area contributed by atoms with E-state index in [1.807, 2.05) is 6.07 Å². The van der Waals surface area contributed by atoms with Gasteiger partial charge in [0.05, 0.1) is 19.9 Å². The minimum atomic E-state index is 0.744. The van der Waals surface area contributed by atoms with E-state index in [0.29, 0.717) is 0 Å². The SMILES string of the molecule is COc1cc2c(cc1OC)-c1n[nH]c(CCc3ccc(Br)cc3)c1C2. The molecule has 4 rings (SSSR count). The van der Waals surface area contributed by atoms with Crippen LogP contribution in [-0.4, -0.2) is 24.4 Å². The second-order valence-electron chi connectivity index (χ2n) is 6.20. The summed E-state index contributed by atoms with van der Waals surface area (Å²) in [5.41, 5.74) is 7.26. The van der Waals surface area contributed by atoms with E-state index >= 15 is 0 Å². The van der Waals surface area contributed by atoms with Crippen LogP contribution in [0.4, 0.5) is 0 Å². The summed E-state index contributed by atoms with van der Waals surface area (Å²) in [5, 5.41) is 7.80. The first-order valence-corrected chi connectivity index (χ1v) is 9.04. The molecule has 1 N–H and O–H groups in total. The Morgan fingerprint density at radius 3 is 2.48 bits per heavy atom. The van der Waals surface area contributed by atoms with Crippen LogP contribution < -0.4 is 9.47 Å². The third kappa shape index (κ3) is 2.93. The first-order valence-electron chi connectivity index (χ1n) is 8.25. The number of nitrogens with zero attached hydrogens (tertiary/aromatic N) is 1. The standard InChI is InChI=1S/C20H19BrN2O2/c1-24-18-10-13-9-16-17(8-5-12-3-6-14(21)7-4-12)22-23-20(16)15(13)11-19(18)25-2/h3-4,6-7,10-11H,5,8-9H2,1-2H3,(H,22,23). The summed E-state index contributed by atoms with van der Waals surface area (Å²) in [6.45, 7) is 0. The molecule has 0 radical (unpaired) electrons. The van der Waals surface area contributed by atoms with Crippen LogP contribution in [0.15, 0.2) is 40.9 Å². The van der Waals surface area contributed by atoms with Gasteiger partial charge >= 0.3 is 0 Å². The van der Waals surface area contributed by atoms with Gasteiger partial charge in [-0.2, -0.15) is 5.10 Å². The summed E-state index contributed by atoms with van der Waals surface area (Å²) in [5.74, 6) is 1.51. The quantitative estimate of drug-likeness (QED) is 0.536. The van der Waals surface area contributed by atoms with E-state index in [2.05, 4.69) is 56.5 Å². The highest BCUT2D eigenvalue weighted by Crippen LogP contribution is 2.42. The fourth-order valence-electron chi connectivity index (χ4n) is 3.42. The zero-order valence-corrected chi connectivity index (χ0v) is 15.8. The number of hydrogen-bond donors (Lipinski definition) is 1. The van der Waals surface area contributed by atoms with Crippen molar-refractivity contribution < 1.29 is 9.47 Å². The fourth-order valence-corrected chi connectivity index (χ4v) is 3.68. The molecule has 0 spiro atoms. The average Bonchev–Trinajstić information content (AvgIpc) is 3.19. The molecule has 1 heterocycles. The van der Waals surface area contributed by atoms with Gasteiger partial charge in [-0.25, -0.2) is 0 Å². The van der Waals surface area contributed by atoms with E-state index < -0.39 is 0 Å². The number of H-pyrrole nitrogens is 1. The van der Waals surface area contributed by atoms with E-state index in [9.17, 15) is 0 Å². The molecule has 0 bridgehead atoms. The maximum Gasteiger partial charge on any atom is 0.161 e. The predicted octanol–water partition coefficient (Wildman–Crippen LogP) is 4.55. The van der Waals surface area contributed by atoms with Crippen LogP contribution >= 0.6 is 15.9 Å². The van der Waals surface area contributed by atoms with Crippen molar-refractivity contribution in [1.29, 1.82) is 0 Å². The van der Waals surface area contributed by atoms with Gasteiger partial charge in [-0.05, 0) is 48.2 Å². The normalized spacial score (nSPS) is 12.0. The van der Waals surface area contributed by atoms with E-state index in [1.165, 1.54) is 22.4 Å². The van der Waals surface area contributed by atoms with E-state index in [-0.39, 0.29) is 0 Å². The number of nitrogens with one attached hydrogen (secondary N) is 1. The number of halogens is 1. The predicted molar refractivity (Wildman–Crippen MR) is 101 cm³/mol. The van der Waals surface area contributed by atoms with Crippen molar-refractivity contribution in [2.24, 2.45) is 0 Å². The molecule has 0 atom stereocenters. The highest BCUT2D eigenvalue weighted by molar-refractivity contribution is 9.10. The van der Waals surface area contributed by atoms with Crippen LogP contribution in [-0.2, 0) is 19.3 Å². The molecule has 0 aliphatic heterocycles.